The summed E-state index contributed by atoms with van der Waals surface area (Å²) >= 11 is 0. The summed E-state index contributed by atoms with van der Waals surface area (Å²) in [6.45, 7) is 0.977. The van der Waals surface area contributed by atoms with Crippen molar-refractivity contribution >= 4 is 9.84 Å². The fourth-order valence-electron chi connectivity index (χ4n) is 3.93. The van der Waals surface area contributed by atoms with Gasteiger partial charge < -0.3 is 9.47 Å². The Morgan fingerprint density at radius 1 is 0.800 bits per heavy atom. The molecule has 3 aromatic rings. The summed E-state index contributed by atoms with van der Waals surface area (Å²) in [5.74, 6) is 0.724. The summed E-state index contributed by atoms with van der Waals surface area (Å²) in [4.78, 5) is 0. The number of hydrogen-bond acceptors (Lipinski definition) is 4. The monoisotopic (exact) mass is 422 g/mol. The summed E-state index contributed by atoms with van der Waals surface area (Å²) in [6, 6.07) is 27.3. The highest BCUT2D eigenvalue weighted by atomic mass is 32.2. The molecule has 0 N–H and O–H groups in total. The Morgan fingerprint density at radius 2 is 1.33 bits per heavy atom. The Hall–Kier alpha value is -2.63. The van der Waals surface area contributed by atoms with Crippen LogP contribution < -0.4 is 4.74 Å². The van der Waals surface area contributed by atoms with Gasteiger partial charge in [-0.1, -0.05) is 72.8 Å². The predicted octanol–water partition coefficient (Wildman–Crippen LogP) is 4.88. The van der Waals surface area contributed by atoms with Crippen molar-refractivity contribution in [1.82, 2.24) is 0 Å². The van der Waals surface area contributed by atoms with Crippen molar-refractivity contribution in [3.05, 3.63) is 102 Å². The molecule has 4 rings (SSSR count). The number of sulfone groups is 1. The maximum atomic E-state index is 12.7. The van der Waals surface area contributed by atoms with Crippen molar-refractivity contribution in [1.29, 1.82) is 0 Å². The van der Waals surface area contributed by atoms with E-state index in [1.165, 1.54) is 6.26 Å². The molecule has 3 aromatic carbocycles. The molecule has 5 heteroatoms. The first kappa shape index (κ1) is 20.6. The lowest BCUT2D eigenvalue weighted by molar-refractivity contribution is -0.0320. The molecule has 0 atom stereocenters. The van der Waals surface area contributed by atoms with Crippen LogP contribution in [-0.4, -0.2) is 20.8 Å². The minimum absolute atomic E-state index is 0.0612. The van der Waals surface area contributed by atoms with Crippen LogP contribution in [-0.2, 0) is 32.5 Å². The van der Waals surface area contributed by atoms with E-state index in [0.717, 1.165) is 22.4 Å². The molecule has 0 amide bonds. The van der Waals surface area contributed by atoms with Gasteiger partial charge in [0.1, 0.15) is 17.1 Å². The van der Waals surface area contributed by atoms with E-state index in [1.54, 1.807) is 0 Å². The largest absolute Gasteiger partial charge is 0.489 e. The standard InChI is InChI=1S/C25H26O4S/c1-30(26,27)25(16-24(17-25)29-19-21-10-6-3-7-11-21)22-12-14-23(15-13-22)28-18-20-8-4-2-5-9-20/h2-15,24H,16-19H2,1H3. The molecule has 1 fully saturated rings. The molecular formula is C25H26O4S. The molecule has 1 saturated carbocycles. The van der Waals surface area contributed by atoms with Gasteiger partial charge in [0.05, 0.1) is 12.7 Å². The van der Waals surface area contributed by atoms with Gasteiger partial charge in [-0.3, -0.25) is 0 Å². The van der Waals surface area contributed by atoms with Crippen LogP contribution >= 0.6 is 0 Å². The lowest BCUT2D eigenvalue weighted by Gasteiger charge is -2.46. The van der Waals surface area contributed by atoms with Crippen LogP contribution in [0.25, 0.3) is 0 Å². The molecule has 0 aromatic heterocycles. The van der Waals surface area contributed by atoms with Crippen LogP contribution in [0, 0.1) is 0 Å². The molecule has 0 spiro atoms. The van der Waals surface area contributed by atoms with E-state index in [0.29, 0.717) is 26.1 Å². The Kier molecular flexibility index (Phi) is 5.93. The van der Waals surface area contributed by atoms with Crippen molar-refractivity contribution in [3.63, 3.8) is 0 Å². The molecule has 0 aliphatic heterocycles. The molecule has 1 aliphatic carbocycles. The van der Waals surface area contributed by atoms with Crippen molar-refractivity contribution in [2.24, 2.45) is 0 Å². The molecule has 156 valence electrons. The van der Waals surface area contributed by atoms with Gasteiger partial charge in [0.2, 0.25) is 0 Å². The number of ether oxygens (including phenoxy) is 2. The third-order valence-corrected chi connectivity index (χ3v) is 7.77. The number of benzene rings is 3. The molecule has 0 saturated heterocycles. The van der Waals surface area contributed by atoms with E-state index in [4.69, 9.17) is 9.47 Å². The minimum Gasteiger partial charge on any atom is -0.489 e. The third-order valence-electron chi connectivity index (χ3n) is 5.78. The van der Waals surface area contributed by atoms with Crippen LogP contribution in [0.4, 0.5) is 0 Å². The smallest absolute Gasteiger partial charge is 0.157 e. The predicted molar refractivity (Wildman–Crippen MR) is 118 cm³/mol. The van der Waals surface area contributed by atoms with Gasteiger partial charge in [-0.15, -0.1) is 0 Å². The van der Waals surface area contributed by atoms with Crippen molar-refractivity contribution < 1.29 is 17.9 Å². The van der Waals surface area contributed by atoms with Gasteiger partial charge in [-0.2, -0.15) is 0 Å². The van der Waals surface area contributed by atoms with Gasteiger partial charge in [0, 0.05) is 6.26 Å². The molecule has 0 radical (unpaired) electrons. The van der Waals surface area contributed by atoms with Gasteiger partial charge >= 0.3 is 0 Å². The topological polar surface area (TPSA) is 52.6 Å². The first-order valence-electron chi connectivity index (χ1n) is 10.1. The lowest BCUT2D eigenvalue weighted by Crippen LogP contribution is -2.51. The SMILES string of the molecule is CS(=O)(=O)C1(c2ccc(OCc3ccccc3)cc2)CC(OCc2ccccc2)C1. The summed E-state index contributed by atoms with van der Waals surface area (Å²) in [5.41, 5.74) is 2.98. The number of hydrogen-bond donors (Lipinski definition) is 0. The minimum atomic E-state index is -3.29. The zero-order valence-electron chi connectivity index (χ0n) is 17.0. The highest BCUT2D eigenvalue weighted by Gasteiger charge is 2.53. The maximum Gasteiger partial charge on any atom is 0.157 e. The summed E-state index contributed by atoms with van der Waals surface area (Å²) in [5, 5.41) is 0. The van der Waals surface area contributed by atoms with E-state index in [2.05, 4.69) is 0 Å². The lowest BCUT2D eigenvalue weighted by atomic mass is 9.76. The fraction of sp³-hybridized carbons (Fsp3) is 0.280. The second-order valence-corrected chi connectivity index (χ2v) is 10.2. The van der Waals surface area contributed by atoms with Crippen molar-refractivity contribution in [2.45, 2.75) is 36.9 Å². The molecule has 0 unspecified atom stereocenters. The van der Waals surface area contributed by atoms with Crippen molar-refractivity contribution in [2.75, 3.05) is 6.26 Å². The quantitative estimate of drug-likeness (QED) is 0.519. The molecule has 1 aliphatic rings. The molecule has 4 nitrogen and oxygen atoms in total. The van der Waals surface area contributed by atoms with Crippen LogP contribution in [0.3, 0.4) is 0 Å². The van der Waals surface area contributed by atoms with E-state index in [9.17, 15) is 8.42 Å². The summed E-state index contributed by atoms with van der Waals surface area (Å²) < 4.78 is 36.2. The molecule has 0 bridgehead atoms. The van der Waals surface area contributed by atoms with Crippen LogP contribution in [0.1, 0.15) is 29.5 Å². The first-order valence-corrected chi connectivity index (χ1v) is 12.0. The van der Waals surface area contributed by atoms with Gasteiger partial charge in [-0.25, -0.2) is 8.42 Å². The van der Waals surface area contributed by atoms with Crippen molar-refractivity contribution in [3.8, 4) is 5.75 Å². The normalized spacial score (nSPS) is 21.0. The van der Waals surface area contributed by atoms with Crippen LogP contribution in [0.2, 0.25) is 0 Å². The Bertz CT molecular complexity index is 1060. The van der Waals surface area contributed by atoms with Gasteiger partial charge in [-0.05, 0) is 41.7 Å². The third kappa shape index (κ3) is 4.42. The van der Waals surface area contributed by atoms with Gasteiger partial charge in [0.15, 0.2) is 9.84 Å². The average molecular weight is 423 g/mol. The van der Waals surface area contributed by atoms with E-state index >= 15 is 0 Å². The second kappa shape index (κ2) is 8.62. The summed E-state index contributed by atoms with van der Waals surface area (Å²) in [6.07, 6.45) is 2.21. The highest BCUT2D eigenvalue weighted by Crippen LogP contribution is 2.49. The van der Waals surface area contributed by atoms with Crippen LogP contribution in [0.15, 0.2) is 84.9 Å². The Morgan fingerprint density at radius 3 is 1.87 bits per heavy atom. The highest BCUT2D eigenvalue weighted by molar-refractivity contribution is 7.91. The van der Waals surface area contributed by atoms with Crippen LogP contribution in [0.5, 0.6) is 5.75 Å². The summed E-state index contributed by atoms with van der Waals surface area (Å²) in [7, 11) is -3.29. The zero-order valence-corrected chi connectivity index (χ0v) is 17.8. The van der Waals surface area contributed by atoms with E-state index in [1.807, 2.05) is 84.9 Å². The van der Waals surface area contributed by atoms with E-state index < -0.39 is 14.6 Å². The zero-order chi connectivity index (χ0) is 21.0. The average Bonchev–Trinajstić information content (AvgIpc) is 2.73. The molecular weight excluding hydrogens is 396 g/mol. The number of rotatable bonds is 8. The Labute approximate surface area is 178 Å². The van der Waals surface area contributed by atoms with E-state index in [-0.39, 0.29) is 6.10 Å². The first-order chi connectivity index (χ1) is 14.5. The maximum absolute atomic E-state index is 12.7. The molecule has 30 heavy (non-hydrogen) atoms. The second-order valence-electron chi connectivity index (χ2n) is 7.89. The fourth-order valence-corrected chi connectivity index (χ4v) is 5.47. The van der Waals surface area contributed by atoms with Gasteiger partial charge in [0.25, 0.3) is 0 Å². The molecule has 0 heterocycles. The Balaban J connectivity index is 1.41.